The van der Waals surface area contributed by atoms with E-state index in [1.54, 1.807) is 6.20 Å². The average molecular weight is 392 g/mol. The summed E-state index contributed by atoms with van der Waals surface area (Å²) in [4.78, 5) is 22.8. The van der Waals surface area contributed by atoms with Gasteiger partial charge in [-0.25, -0.2) is 0 Å². The van der Waals surface area contributed by atoms with Gasteiger partial charge in [0.15, 0.2) is 0 Å². The highest BCUT2D eigenvalue weighted by atomic mass is 16.2. The molecule has 6 heteroatoms. The van der Waals surface area contributed by atoms with E-state index in [-0.39, 0.29) is 11.9 Å². The van der Waals surface area contributed by atoms with Gasteiger partial charge in [0.2, 0.25) is 0 Å². The largest absolute Gasteiger partial charge is 0.399 e. The number of rotatable bonds is 6. The molecule has 152 valence electrons. The van der Waals surface area contributed by atoms with Gasteiger partial charge in [0.25, 0.3) is 5.91 Å². The zero-order valence-corrected chi connectivity index (χ0v) is 16.9. The Kier molecular flexibility index (Phi) is 5.81. The number of nitrogen functional groups attached to an aromatic ring is 1. The third-order valence-corrected chi connectivity index (χ3v) is 5.85. The number of carbonyl (C=O) groups excluding carboxylic acids is 1. The van der Waals surface area contributed by atoms with Gasteiger partial charge in [-0.2, -0.15) is 0 Å². The van der Waals surface area contributed by atoms with Crippen LogP contribution in [0.4, 0.5) is 5.69 Å². The minimum atomic E-state index is 0.0620. The van der Waals surface area contributed by atoms with Crippen LogP contribution in [-0.2, 0) is 6.54 Å². The maximum Gasteiger partial charge on any atom is 0.270 e. The van der Waals surface area contributed by atoms with Crippen LogP contribution in [0.5, 0.6) is 0 Å². The monoisotopic (exact) mass is 391 g/mol. The molecule has 6 nitrogen and oxygen atoms in total. The van der Waals surface area contributed by atoms with Crippen LogP contribution >= 0.6 is 0 Å². The highest BCUT2D eigenvalue weighted by Gasteiger charge is 2.30. The Hall–Kier alpha value is -2.86. The van der Waals surface area contributed by atoms with E-state index in [1.807, 2.05) is 41.3 Å². The van der Waals surface area contributed by atoms with Gasteiger partial charge < -0.3 is 20.9 Å². The zero-order chi connectivity index (χ0) is 20.2. The molecule has 1 aromatic carbocycles. The van der Waals surface area contributed by atoms with Crippen LogP contribution in [0.1, 0.15) is 48.7 Å². The number of pyridine rings is 1. The van der Waals surface area contributed by atoms with Gasteiger partial charge in [-0.05, 0) is 68.5 Å². The molecule has 4 N–H and O–H groups in total. The number of fused-ring (bicyclic) bond motifs is 1. The van der Waals surface area contributed by atoms with E-state index in [9.17, 15) is 4.79 Å². The molecule has 2 aromatic heterocycles. The molecule has 3 aromatic rings. The van der Waals surface area contributed by atoms with E-state index in [1.165, 1.54) is 5.56 Å². The Morgan fingerprint density at radius 2 is 2.17 bits per heavy atom. The van der Waals surface area contributed by atoms with E-state index in [0.717, 1.165) is 48.9 Å². The summed E-state index contributed by atoms with van der Waals surface area (Å²) in [5.74, 6) is 0.0620. The molecule has 0 saturated heterocycles. The number of carbonyl (C=O) groups is 1. The summed E-state index contributed by atoms with van der Waals surface area (Å²) >= 11 is 0. The van der Waals surface area contributed by atoms with E-state index in [2.05, 4.69) is 28.3 Å². The molecular formula is C23H29N5O. The summed E-state index contributed by atoms with van der Waals surface area (Å²) in [6, 6.07) is 14.3. The molecule has 0 aliphatic heterocycles. The molecule has 0 radical (unpaired) electrons. The molecular weight excluding hydrogens is 362 g/mol. The Balaban J connectivity index is 1.42. The second-order valence-electron chi connectivity index (χ2n) is 7.85. The molecule has 1 aliphatic carbocycles. The Labute approximate surface area is 171 Å². The Morgan fingerprint density at radius 1 is 1.28 bits per heavy atom. The Morgan fingerprint density at radius 3 is 2.97 bits per heavy atom. The second-order valence-corrected chi connectivity index (χ2v) is 7.85. The van der Waals surface area contributed by atoms with Gasteiger partial charge in [-0.1, -0.05) is 12.1 Å². The van der Waals surface area contributed by atoms with Crippen molar-refractivity contribution in [3.8, 4) is 0 Å². The molecule has 1 fully saturated rings. The molecule has 1 amide bonds. The predicted octanol–water partition coefficient (Wildman–Crippen LogP) is 3.71. The van der Waals surface area contributed by atoms with Crippen molar-refractivity contribution in [3.63, 3.8) is 0 Å². The van der Waals surface area contributed by atoms with Gasteiger partial charge >= 0.3 is 0 Å². The minimum Gasteiger partial charge on any atom is -0.399 e. The molecule has 29 heavy (non-hydrogen) atoms. The van der Waals surface area contributed by atoms with Crippen molar-refractivity contribution >= 4 is 22.6 Å². The lowest BCUT2D eigenvalue weighted by Gasteiger charge is -2.37. The number of amides is 1. The van der Waals surface area contributed by atoms with Crippen LogP contribution in [0.25, 0.3) is 11.0 Å². The van der Waals surface area contributed by atoms with Crippen molar-refractivity contribution in [1.29, 1.82) is 0 Å². The van der Waals surface area contributed by atoms with Crippen LogP contribution < -0.4 is 11.1 Å². The molecule has 1 saturated carbocycles. The first-order valence-corrected chi connectivity index (χ1v) is 10.5. The van der Waals surface area contributed by atoms with Gasteiger partial charge in [0.1, 0.15) is 5.69 Å². The van der Waals surface area contributed by atoms with Crippen molar-refractivity contribution < 1.29 is 4.79 Å². The Bertz CT molecular complexity index is 949. The number of hydrogen-bond acceptors (Lipinski definition) is 4. The van der Waals surface area contributed by atoms with E-state index < -0.39 is 0 Å². The van der Waals surface area contributed by atoms with Crippen molar-refractivity contribution in [2.24, 2.45) is 0 Å². The van der Waals surface area contributed by atoms with Crippen LogP contribution in [0, 0.1) is 0 Å². The fourth-order valence-electron chi connectivity index (χ4n) is 4.39. The SMILES string of the molecule is CCN(C(=O)c1cc2ncccc2[nH]1)C1CCCC(NCc2cccc(N)c2)C1. The number of nitrogens with two attached hydrogens (primary N) is 1. The molecule has 1 aliphatic rings. The third-order valence-electron chi connectivity index (χ3n) is 5.85. The van der Waals surface area contributed by atoms with Gasteiger partial charge in [0, 0.05) is 37.1 Å². The van der Waals surface area contributed by atoms with E-state index >= 15 is 0 Å². The van der Waals surface area contributed by atoms with Crippen LogP contribution in [0.15, 0.2) is 48.7 Å². The van der Waals surface area contributed by atoms with Gasteiger partial charge in [-0.15, -0.1) is 0 Å². The van der Waals surface area contributed by atoms with E-state index in [4.69, 9.17) is 5.73 Å². The number of hydrogen-bond donors (Lipinski definition) is 3. The van der Waals surface area contributed by atoms with Gasteiger partial charge in [-0.3, -0.25) is 9.78 Å². The summed E-state index contributed by atoms with van der Waals surface area (Å²) < 4.78 is 0. The summed E-state index contributed by atoms with van der Waals surface area (Å²) in [5.41, 5.74) is 10.2. The number of benzene rings is 1. The molecule has 2 unspecified atom stereocenters. The molecule has 0 spiro atoms. The van der Waals surface area contributed by atoms with Gasteiger partial charge in [0.05, 0.1) is 11.0 Å². The minimum absolute atomic E-state index is 0.0620. The fraction of sp³-hybridized carbons (Fsp3) is 0.391. The third kappa shape index (κ3) is 4.43. The van der Waals surface area contributed by atoms with Crippen molar-refractivity contribution in [2.75, 3.05) is 12.3 Å². The topological polar surface area (TPSA) is 87.0 Å². The first-order valence-electron chi connectivity index (χ1n) is 10.5. The van der Waals surface area contributed by atoms with Crippen LogP contribution in [-0.4, -0.2) is 39.4 Å². The first kappa shape index (κ1) is 19.5. The maximum atomic E-state index is 13.2. The fourth-order valence-corrected chi connectivity index (χ4v) is 4.39. The van der Waals surface area contributed by atoms with Crippen molar-refractivity contribution in [2.45, 2.75) is 51.2 Å². The first-order chi connectivity index (χ1) is 14.1. The van der Waals surface area contributed by atoms with Crippen molar-refractivity contribution in [1.82, 2.24) is 20.2 Å². The quantitative estimate of drug-likeness (QED) is 0.559. The average Bonchev–Trinajstić information content (AvgIpc) is 3.17. The van der Waals surface area contributed by atoms with Crippen LogP contribution in [0.2, 0.25) is 0 Å². The number of nitrogens with zero attached hydrogens (tertiary/aromatic N) is 2. The molecule has 2 atom stereocenters. The normalized spacial score (nSPS) is 19.3. The number of nitrogens with one attached hydrogen (secondary N) is 2. The lowest BCUT2D eigenvalue weighted by Crippen LogP contribution is -2.46. The van der Waals surface area contributed by atoms with Crippen LogP contribution in [0.3, 0.4) is 0 Å². The van der Waals surface area contributed by atoms with E-state index in [0.29, 0.717) is 18.3 Å². The summed E-state index contributed by atoms with van der Waals surface area (Å²) in [7, 11) is 0. The number of H-pyrrole nitrogens is 1. The maximum absolute atomic E-state index is 13.2. The second kappa shape index (κ2) is 8.66. The number of anilines is 1. The molecule has 0 bridgehead atoms. The highest BCUT2D eigenvalue weighted by Crippen LogP contribution is 2.25. The predicted molar refractivity (Wildman–Crippen MR) is 117 cm³/mol. The zero-order valence-electron chi connectivity index (χ0n) is 16.9. The summed E-state index contributed by atoms with van der Waals surface area (Å²) in [6.45, 7) is 3.56. The molecule has 4 rings (SSSR count). The molecule has 2 heterocycles. The van der Waals surface area contributed by atoms with Crippen molar-refractivity contribution in [3.05, 3.63) is 59.9 Å². The number of aromatic amines is 1. The highest BCUT2D eigenvalue weighted by molar-refractivity contribution is 5.97. The number of aromatic nitrogens is 2. The smallest absolute Gasteiger partial charge is 0.270 e. The lowest BCUT2D eigenvalue weighted by molar-refractivity contribution is 0.0623. The standard InChI is InChI=1S/C23H29N5O/c1-2-28(23(29)22-14-21-20(27-22)10-5-11-25-21)19-9-4-8-18(13-19)26-15-16-6-3-7-17(24)12-16/h3,5-7,10-12,14,18-19,26-27H,2,4,8-9,13,15,24H2,1H3. The summed E-state index contributed by atoms with van der Waals surface area (Å²) in [5, 5.41) is 3.66. The summed E-state index contributed by atoms with van der Waals surface area (Å²) in [6.07, 6.45) is 6.03. The lowest BCUT2D eigenvalue weighted by atomic mass is 9.89.